The van der Waals surface area contributed by atoms with E-state index in [-0.39, 0.29) is 30.3 Å². The summed E-state index contributed by atoms with van der Waals surface area (Å²) in [7, 11) is 0. The number of nitrogens with one attached hydrogen (secondary N) is 1. The van der Waals surface area contributed by atoms with Crippen LogP contribution in [0.5, 0.6) is 0 Å². The van der Waals surface area contributed by atoms with E-state index in [9.17, 15) is 9.18 Å². The topological polar surface area (TPSA) is 87.7 Å². The average molecular weight is 239 g/mol. The fourth-order valence-corrected chi connectivity index (χ4v) is 1.29. The minimum Gasteiger partial charge on any atom is -0.409 e. The molecule has 0 aliphatic heterocycles. The Balaban J connectivity index is 2.61. The van der Waals surface area contributed by atoms with E-state index < -0.39 is 5.82 Å². The average Bonchev–Trinajstić information content (AvgIpc) is 2.31. The molecule has 0 saturated carbocycles. The SMILES string of the molecule is Cc1ccc(F)cc1C(=O)NCCC(N)=NO. The van der Waals surface area contributed by atoms with Crippen molar-refractivity contribution in [2.75, 3.05) is 6.54 Å². The number of benzene rings is 1. The summed E-state index contributed by atoms with van der Waals surface area (Å²) < 4.78 is 13.0. The monoisotopic (exact) mass is 239 g/mol. The van der Waals surface area contributed by atoms with E-state index in [0.29, 0.717) is 5.56 Å². The Morgan fingerprint density at radius 2 is 2.29 bits per heavy atom. The molecule has 1 aromatic rings. The lowest BCUT2D eigenvalue weighted by Crippen LogP contribution is -2.28. The van der Waals surface area contributed by atoms with Gasteiger partial charge in [0.15, 0.2) is 0 Å². The highest BCUT2D eigenvalue weighted by Gasteiger charge is 2.09. The lowest BCUT2D eigenvalue weighted by atomic mass is 10.1. The number of nitrogens with two attached hydrogens (primary N) is 1. The largest absolute Gasteiger partial charge is 0.409 e. The molecule has 0 bridgehead atoms. The lowest BCUT2D eigenvalue weighted by molar-refractivity contribution is 0.0953. The summed E-state index contributed by atoms with van der Waals surface area (Å²) in [6, 6.07) is 4.00. The van der Waals surface area contributed by atoms with Gasteiger partial charge in [0, 0.05) is 18.5 Å². The van der Waals surface area contributed by atoms with Gasteiger partial charge in [-0.2, -0.15) is 0 Å². The molecular weight excluding hydrogens is 225 g/mol. The van der Waals surface area contributed by atoms with E-state index in [0.717, 1.165) is 0 Å². The molecule has 6 heteroatoms. The molecule has 17 heavy (non-hydrogen) atoms. The number of hydrogen-bond donors (Lipinski definition) is 3. The van der Waals surface area contributed by atoms with E-state index in [1.807, 2.05) is 0 Å². The first kappa shape index (κ1) is 13.0. The number of amides is 1. The Bertz CT molecular complexity index is 446. The van der Waals surface area contributed by atoms with Crippen molar-refractivity contribution < 1.29 is 14.4 Å². The molecule has 0 aromatic heterocycles. The zero-order valence-electron chi connectivity index (χ0n) is 9.40. The first-order valence-electron chi connectivity index (χ1n) is 5.05. The molecule has 1 aromatic carbocycles. The molecule has 1 amide bonds. The molecule has 4 N–H and O–H groups in total. The summed E-state index contributed by atoms with van der Waals surface area (Å²) in [5, 5.41) is 13.6. The van der Waals surface area contributed by atoms with Gasteiger partial charge in [-0.15, -0.1) is 0 Å². The molecule has 0 radical (unpaired) electrons. The van der Waals surface area contributed by atoms with Crippen molar-refractivity contribution in [1.82, 2.24) is 5.32 Å². The molecule has 0 heterocycles. The third-order valence-corrected chi connectivity index (χ3v) is 2.24. The summed E-state index contributed by atoms with van der Waals surface area (Å²) in [4.78, 5) is 11.7. The van der Waals surface area contributed by atoms with E-state index in [1.165, 1.54) is 18.2 Å². The van der Waals surface area contributed by atoms with Gasteiger partial charge in [-0.05, 0) is 24.6 Å². The van der Waals surface area contributed by atoms with Crippen LogP contribution in [0.15, 0.2) is 23.4 Å². The minimum atomic E-state index is -0.461. The maximum absolute atomic E-state index is 13.0. The summed E-state index contributed by atoms with van der Waals surface area (Å²) >= 11 is 0. The number of aryl methyl sites for hydroxylation is 1. The Labute approximate surface area is 98.1 Å². The highest BCUT2D eigenvalue weighted by atomic mass is 19.1. The third kappa shape index (κ3) is 3.75. The molecule has 0 fully saturated rings. The number of halogens is 1. The fourth-order valence-electron chi connectivity index (χ4n) is 1.29. The molecule has 0 aliphatic rings. The van der Waals surface area contributed by atoms with Crippen LogP contribution in [0.2, 0.25) is 0 Å². The number of amidine groups is 1. The van der Waals surface area contributed by atoms with Gasteiger partial charge in [0.2, 0.25) is 0 Å². The normalized spacial score (nSPS) is 11.3. The van der Waals surface area contributed by atoms with E-state index >= 15 is 0 Å². The van der Waals surface area contributed by atoms with Gasteiger partial charge in [0.25, 0.3) is 5.91 Å². The Kier molecular flexibility index (Phi) is 4.45. The van der Waals surface area contributed by atoms with E-state index in [2.05, 4.69) is 10.5 Å². The highest BCUT2D eigenvalue weighted by molar-refractivity contribution is 5.95. The number of carbonyl (C=O) groups excluding carboxylic acids is 1. The van der Waals surface area contributed by atoms with E-state index in [4.69, 9.17) is 10.9 Å². The minimum absolute atomic E-state index is 0.0289. The molecule has 1 rings (SSSR count). The summed E-state index contributed by atoms with van der Waals surface area (Å²) in [5.74, 6) is -0.814. The summed E-state index contributed by atoms with van der Waals surface area (Å²) in [5.41, 5.74) is 6.21. The smallest absolute Gasteiger partial charge is 0.251 e. The molecule has 5 nitrogen and oxygen atoms in total. The zero-order chi connectivity index (χ0) is 12.8. The molecule has 0 unspecified atom stereocenters. The highest BCUT2D eigenvalue weighted by Crippen LogP contribution is 2.09. The van der Waals surface area contributed by atoms with E-state index in [1.54, 1.807) is 6.92 Å². The molecule has 0 spiro atoms. The van der Waals surface area contributed by atoms with Crippen LogP contribution in [0.3, 0.4) is 0 Å². The van der Waals surface area contributed by atoms with Gasteiger partial charge in [-0.1, -0.05) is 11.2 Å². The molecule has 92 valence electrons. The van der Waals surface area contributed by atoms with Gasteiger partial charge >= 0.3 is 0 Å². The standard InChI is InChI=1S/C11H14FN3O2/c1-7-2-3-8(12)6-9(7)11(16)14-5-4-10(13)15-17/h2-3,6,17H,4-5H2,1H3,(H2,13,15)(H,14,16). The Morgan fingerprint density at radius 3 is 2.94 bits per heavy atom. The van der Waals surface area contributed by atoms with Gasteiger partial charge in [-0.3, -0.25) is 4.79 Å². The van der Waals surface area contributed by atoms with Crippen LogP contribution in [0.1, 0.15) is 22.3 Å². The summed E-state index contributed by atoms with van der Waals surface area (Å²) in [6.45, 7) is 1.95. The second kappa shape index (κ2) is 5.83. The predicted molar refractivity (Wildman–Crippen MR) is 61.5 cm³/mol. The van der Waals surface area contributed by atoms with Crippen molar-refractivity contribution >= 4 is 11.7 Å². The van der Waals surface area contributed by atoms with Crippen LogP contribution in [0.4, 0.5) is 4.39 Å². The summed E-state index contributed by atoms with van der Waals surface area (Å²) in [6.07, 6.45) is 0.233. The quantitative estimate of drug-likeness (QED) is 0.317. The molecule has 0 atom stereocenters. The van der Waals surface area contributed by atoms with Gasteiger partial charge < -0.3 is 16.3 Å². The van der Waals surface area contributed by atoms with Crippen molar-refractivity contribution in [2.45, 2.75) is 13.3 Å². The second-order valence-corrected chi connectivity index (χ2v) is 3.56. The lowest BCUT2D eigenvalue weighted by Gasteiger charge is -2.07. The van der Waals surface area contributed by atoms with Crippen molar-refractivity contribution in [2.24, 2.45) is 10.9 Å². The van der Waals surface area contributed by atoms with Crippen LogP contribution < -0.4 is 11.1 Å². The zero-order valence-corrected chi connectivity index (χ0v) is 9.40. The number of carbonyl (C=O) groups is 1. The Hall–Kier alpha value is -2.11. The number of hydrogen-bond acceptors (Lipinski definition) is 3. The van der Waals surface area contributed by atoms with Crippen molar-refractivity contribution in [3.8, 4) is 0 Å². The molecule has 0 aliphatic carbocycles. The van der Waals surface area contributed by atoms with Gasteiger partial charge in [0.1, 0.15) is 11.7 Å². The van der Waals surface area contributed by atoms with Crippen LogP contribution in [0, 0.1) is 12.7 Å². The van der Waals surface area contributed by atoms with Crippen molar-refractivity contribution in [1.29, 1.82) is 0 Å². The third-order valence-electron chi connectivity index (χ3n) is 2.24. The van der Waals surface area contributed by atoms with Crippen LogP contribution >= 0.6 is 0 Å². The first-order valence-corrected chi connectivity index (χ1v) is 5.05. The first-order chi connectivity index (χ1) is 8.04. The number of oxime groups is 1. The van der Waals surface area contributed by atoms with Crippen molar-refractivity contribution in [3.05, 3.63) is 35.1 Å². The number of rotatable bonds is 4. The maximum Gasteiger partial charge on any atom is 0.251 e. The molecular formula is C11H14FN3O2. The second-order valence-electron chi connectivity index (χ2n) is 3.56. The van der Waals surface area contributed by atoms with Crippen LogP contribution in [0.25, 0.3) is 0 Å². The van der Waals surface area contributed by atoms with Crippen molar-refractivity contribution in [3.63, 3.8) is 0 Å². The molecule has 0 saturated heterocycles. The maximum atomic E-state index is 13.0. The fraction of sp³-hybridized carbons (Fsp3) is 0.273. The van der Waals surface area contributed by atoms with Crippen LogP contribution in [-0.4, -0.2) is 23.5 Å². The van der Waals surface area contributed by atoms with Crippen LogP contribution in [-0.2, 0) is 0 Å². The predicted octanol–water partition coefficient (Wildman–Crippen LogP) is 1.00. The van der Waals surface area contributed by atoms with Gasteiger partial charge in [-0.25, -0.2) is 4.39 Å². The Morgan fingerprint density at radius 1 is 1.59 bits per heavy atom. The van der Waals surface area contributed by atoms with Gasteiger partial charge in [0.05, 0.1) is 0 Å². The number of nitrogens with zero attached hydrogens (tertiary/aromatic N) is 1.